The minimum absolute atomic E-state index is 0.0984. The molecule has 0 unspecified atom stereocenters. The first-order chi connectivity index (χ1) is 20.3. The number of nitrogens with one attached hydrogen (secondary N) is 2. The van der Waals surface area contributed by atoms with E-state index in [2.05, 4.69) is 30.2 Å². The molecule has 0 saturated carbocycles. The van der Waals surface area contributed by atoms with Gasteiger partial charge >= 0.3 is 0 Å². The van der Waals surface area contributed by atoms with Gasteiger partial charge in [0.2, 0.25) is 21.5 Å². The number of aromatic amines is 1. The second-order valence-electron chi connectivity index (χ2n) is 9.91. The molecular formula is C29H31N7O5S. The molecule has 6 rings (SSSR count). The predicted octanol–water partition coefficient (Wildman–Crippen LogP) is 4.65. The van der Waals surface area contributed by atoms with Crippen LogP contribution in [0.5, 0.6) is 17.2 Å². The summed E-state index contributed by atoms with van der Waals surface area (Å²) in [7, 11) is 0.656. The summed E-state index contributed by atoms with van der Waals surface area (Å²) >= 11 is 0. The van der Waals surface area contributed by atoms with Crippen LogP contribution < -0.4 is 24.4 Å². The molecule has 2 aromatic carbocycles. The first-order valence-electron chi connectivity index (χ1n) is 13.4. The molecule has 1 saturated heterocycles. The van der Waals surface area contributed by atoms with Gasteiger partial charge in [0, 0.05) is 37.1 Å². The van der Waals surface area contributed by atoms with Gasteiger partial charge in [0.1, 0.15) is 11.8 Å². The number of fused-ring (bicyclic) bond motifs is 1. The van der Waals surface area contributed by atoms with Crippen LogP contribution in [-0.4, -0.2) is 67.3 Å². The molecule has 0 radical (unpaired) electrons. The molecule has 12 nitrogen and oxygen atoms in total. The van der Waals surface area contributed by atoms with E-state index in [4.69, 9.17) is 14.2 Å². The number of benzene rings is 2. The number of anilines is 3. The van der Waals surface area contributed by atoms with Crippen molar-refractivity contribution >= 4 is 38.3 Å². The third kappa shape index (κ3) is 4.85. The molecule has 0 atom stereocenters. The van der Waals surface area contributed by atoms with Crippen LogP contribution in [0, 0.1) is 6.92 Å². The molecule has 0 bridgehead atoms. The van der Waals surface area contributed by atoms with Crippen molar-refractivity contribution in [1.29, 1.82) is 0 Å². The second-order valence-corrected chi connectivity index (χ2v) is 11.8. The van der Waals surface area contributed by atoms with Crippen molar-refractivity contribution in [1.82, 2.24) is 24.5 Å². The van der Waals surface area contributed by atoms with Crippen LogP contribution in [0.15, 0.2) is 65.0 Å². The van der Waals surface area contributed by atoms with Crippen LogP contribution >= 0.6 is 0 Å². The van der Waals surface area contributed by atoms with Crippen molar-refractivity contribution < 1.29 is 22.6 Å². The Labute approximate surface area is 243 Å². The molecular weight excluding hydrogens is 558 g/mol. The molecule has 218 valence electrons. The standard InChI is InChI=1S/C29H31N7O5S/c1-18-13-20(7-8-22(18)35-11-5-6-12-35)42(37,38)28-26-21(9-10-30-26)32-29(34-28)33-25-16-36(17-31-25)19-14-23(39-2)27(41-4)24(15-19)40-3/h7-10,13-17,30H,5-6,11-12H2,1-4H3,(H,32,33,34). The van der Waals surface area contributed by atoms with E-state index in [1.54, 1.807) is 74.9 Å². The lowest BCUT2D eigenvalue weighted by Gasteiger charge is -2.20. The van der Waals surface area contributed by atoms with E-state index in [9.17, 15) is 8.42 Å². The molecule has 1 aliphatic rings. The maximum absolute atomic E-state index is 13.9. The number of hydrogen-bond donors (Lipinski definition) is 2. The Bertz CT molecular complexity index is 1850. The first kappa shape index (κ1) is 27.4. The minimum atomic E-state index is -3.98. The largest absolute Gasteiger partial charge is 0.493 e. The number of methoxy groups -OCH3 is 3. The summed E-state index contributed by atoms with van der Waals surface area (Å²) in [6.45, 7) is 3.90. The zero-order valence-electron chi connectivity index (χ0n) is 23.7. The Balaban J connectivity index is 1.33. The molecule has 4 heterocycles. The molecule has 1 fully saturated rings. The smallest absolute Gasteiger partial charge is 0.230 e. The Morgan fingerprint density at radius 2 is 1.69 bits per heavy atom. The fraction of sp³-hybridized carbons (Fsp3) is 0.276. The van der Waals surface area contributed by atoms with E-state index in [-0.39, 0.29) is 15.9 Å². The van der Waals surface area contributed by atoms with Gasteiger partial charge in [-0.15, -0.1) is 0 Å². The molecule has 0 spiro atoms. The summed E-state index contributed by atoms with van der Waals surface area (Å²) < 4.78 is 45.9. The van der Waals surface area contributed by atoms with Crippen LogP contribution in [0.2, 0.25) is 0 Å². The number of aryl methyl sites for hydroxylation is 1. The molecule has 0 aliphatic carbocycles. The molecule has 13 heteroatoms. The second kappa shape index (κ2) is 10.9. The lowest BCUT2D eigenvalue weighted by molar-refractivity contribution is 0.324. The number of sulfone groups is 1. The quantitative estimate of drug-likeness (QED) is 0.234. The van der Waals surface area contributed by atoms with Crippen molar-refractivity contribution in [2.24, 2.45) is 0 Å². The van der Waals surface area contributed by atoms with Gasteiger partial charge in [-0.1, -0.05) is 0 Å². The molecule has 42 heavy (non-hydrogen) atoms. The number of H-pyrrole nitrogens is 1. The fourth-order valence-electron chi connectivity index (χ4n) is 5.25. The average Bonchev–Trinajstić information content (AvgIpc) is 3.78. The normalized spacial score (nSPS) is 13.5. The third-order valence-corrected chi connectivity index (χ3v) is 9.00. The summed E-state index contributed by atoms with van der Waals surface area (Å²) in [6.07, 6.45) is 7.24. The molecule has 0 amide bonds. The van der Waals surface area contributed by atoms with Crippen LogP contribution in [0.1, 0.15) is 18.4 Å². The van der Waals surface area contributed by atoms with Crippen molar-refractivity contribution in [2.45, 2.75) is 29.7 Å². The number of imidazole rings is 1. The first-order valence-corrected chi connectivity index (χ1v) is 14.9. The highest BCUT2D eigenvalue weighted by Crippen LogP contribution is 2.39. The van der Waals surface area contributed by atoms with E-state index in [1.165, 1.54) is 0 Å². The predicted molar refractivity (Wildman–Crippen MR) is 158 cm³/mol. The monoisotopic (exact) mass is 589 g/mol. The number of hydrogen-bond acceptors (Lipinski definition) is 10. The van der Waals surface area contributed by atoms with E-state index >= 15 is 0 Å². The number of nitrogens with zero attached hydrogens (tertiary/aromatic N) is 5. The minimum Gasteiger partial charge on any atom is -0.493 e. The zero-order valence-corrected chi connectivity index (χ0v) is 24.5. The van der Waals surface area contributed by atoms with Crippen molar-refractivity contribution in [2.75, 3.05) is 44.6 Å². The van der Waals surface area contributed by atoms with Crippen LogP contribution in [0.4, 0.5) is 17.5 Å². The lowest BCUT2D eigenvalue weighted by atomic mass is 10.2. The molecule has 5 aromatic rings. The van der Waals surface area contributed by atoms with Crippen LogP contribution in [-0.2, 0) is 9.84 Å². The van der Waals surface area contributed by atoms with E-state index in [0.29, 0.717) is 39.8 Å². The Hall–Kier alpha value is -4.78. The van der Waals surface area contributed by atoms with Gasteiger partial charge in [-0.25, -0.2) is 18.4 Å². The fourth-order valence-corrected chi connectivity index (χ4v) is 6.69. The molecule has 1 aliphatic heterocycles. The number of ether oxygens (including phenoxy) is 3. The summed E-state index contributed by atoms with van der Waals surface area (Å²) in [5.74, 6) is 1.98. The third-order valence-electron chi connectivity index (χ3n) is 7.32. The summed E-state index contributed by atoms with van der Waals surface area (Å²) in [5, 5.41) is 2.94. The SMILES string of the molecule is COc1cc(-n2cnc(Nc3nc(S(=O)(=O)c4ccc(N5CCCC5)c(C)c4)c4[nH]ccc4n3)c2)cc(OC)c1OC. The summed E-state index contributed by atoms with van der Waals surface area (Å²) in [6, 6.07) is 10.5. The molecule has 3 aromatic heterocycles. The number of rotatable bonds is 9. The van der Waals surface area contributed by atoms with Gasteiger partial charge in [0.25, 0.3) is 0 Å². The Kier molecular flexibility index (Phi) is 7.11. The van der Waals surface area contributed by atoms with E-state index in [1.807, 2.05) is 13.0 Å². The van der Waals surface area contributed by atoms with Crippen molar-refractivity contribution in [3.8, 4) is 22.9 Å². The molecule has 2 N–H and O–H groups in total. The summed E-state index contributed by atoms with van der Waals surface area (Å²) in [4.78, 5) is 18.8. The highest BCUT2D eigenvalue weighted by atomic mass is 32.2. The van der Waals surface area contributed by atoms with E-state index < -0.39 is 9.84 Å². The van der Waals surface area contributed by atoms with Gasteiger partial charge in [-0.05, 0) is 49.6 Å². The van der Waals surface area contributed by atoms with E-state index in [0.717, 1.165) is 37.2 Å². The maximum atomic E-state index is 13.9. The number of aromatic nitrogens is 5. The highest BCUT2D eigenvalue weighted by Gasteiger charge is 2.26. The Morgan fingerprint density at radius 1 is 0.952 bits per heavy atom. The van der Waals surface area contributed by atoms with Crippen molar-refractivity contribution in [3.05, 3.63) is 60.7 Å². The highest BCUT2D eigenvalue weighted by molar-refractivity contribution is 7.91. The van der Waals surface area contributed by atoms with Gasteiger partial charge in [-0.2, -0.15) is 4.98 Å². The topological polar surface area (TPSA) is 136 Å². The van der Waals surface area contributed by atoms with Gasteiger partial charge in [0.05, 0.1) is 43.6 Å². The average molecular weight is 590 g/mol. The van der Waals surface area contributed by atoms with Crippen LogP contribution in [0.25, 0.3) is 16.7 Å². The van der Waals surface area contributed by atoms with Gasteiger partial charge in [0.15, 0.2) is 22.3 Å². The zero-order chi connectivity index (χ0) is 29.4. The van der Waals surface area contributed by atoms with Crippen molar-refractivity contribution in [3.63, 3.8) is 0 Å². The van der Waals surface area contributed by atoms with Gasteiger partial charge in [-0.3, -0.25) is 0 Å². The maximum Gasteiger partial charge on any atom is 0.230 e. The summed E-state index contributed by atoms with van der Waals surface area (Å²) in [5.41, 5.74) is 3.48. The lowest BCUT2D eigenvalue weighted by Crippen LogP contribution is -2.19. The Morgan fingerprint density at radius 3 is 2.36 bits per heavy atom. The van der Waals surface area contributed by atoms with Gasteiger partial charge < -0.3 is 34.0 Å². The van der Waals surface area contributed by atoms with Crippen LogP contribution in [0.3, 0.4) is 0 Å².